The van der Waals surface area contributed by atoms with Gasteiger partial charge in [0.1, 0.15) is 5.69 Å². The Morgan fingerprint density at radius 2 is 1.62 bits per heavy atom. The van der Waals surface area contributed by atoms with Crippen LogP contribution >= 0.6 is 34.8 Å². The van der Waals surface area contributed by atoms with Crippen molar-refractivity contribution in [1.82, 2.24) is 9.78 Å². The summed E-state index contributed by atoms with van der Waals surface area (Å²) in [7, 11) is 0. The Bertz CT molecular complexity index is 911. The molecule has 0 unspecified atom stereocenters. The molecule has 0 amide bonds. The minimum Gasteiger partial charge on any atom is -0.477 e. The average Bonchev–Trinajstić information content (AvgIpc) is 2.92. The Labute approximate surface area is 153 Å². The number of benzene rings is 2. The molecule has 1 aromatic heterocycles. The number of nitrogens with zero attached hydrogens (tertiary/aromatic N) is 2. The van der Waals surface area contributed by atoms with Crippen molar-refractivity contribution in [2.24, 2.45) is 0 Å². The third-order valence-electron chi connectivity index (χ3n) is 3.47. The van der Waals surface area contributed by atoms with E-state index in [1.807, 2.05) is 31.2 Å². The molecule has 0 atom stereocenters. The van der Waals surface area contributed by atoms with E-state index in [-0.39, 0.29) is 21.4 Å². The molecular weight excluding hydrogens is 371 g/mol. The normalized spacial score (nSPS) is 10.8. The predicted octanol–water partition coefficient (Wildman–Crippen LogP) is 5.51. The molecule has 1 heterocycles. The molecule has 122 valence electrons. The molecule has 7 heteroatoms. The van der Waals surface area contributed by atoms with Crippen LogP contribution in [0.4, 0.5) is 0 Å². The molecule has 2 aromatic carbocycles. The van der Waals surface area contributed by atoms with E-state index in [0.29, 0.717) is 10.7 Å². The number of aryl methyl sites for hydroxylation is 1. The van der Waals surface area contributed by atoms with Gasteiger partial charge in [-0.05, 0) is 25.1 Å². The van der Waals surface area contributed by atoms with Gasteiger partial charge in [-0.15, -0.1) is 0 Å². The van der Waals surface area contributed by atoms with Crippen LogP contribution in [0.1, 0.15) is 16.1 Å². The monoisotopic (exact) mass is 380 g/mol. The second-order valence-corrected chi connectivity index (χ2v) is 6.47. The Morgan fingerprint density at radius 3 is 2.17 bits per heavy atom. The molecule has 0 aliphatic carbocycles. The van der Waals surface area contributed by atoms with Gasteiger partial charge < -0.3 is 5.11 Å². The van der Waals surface area contributed by atoms with E-state index >= 15 is 0 Å². The number of hydrogen-bond donors (Lipinski definition) is 1. The number of halogens is 3. The third kappa shape index (κ3) is 3.13. The maximum Gasteiger partial charge on any atom is 0.354 e. The quantitative estimate of drug-likeness (QED) is 0.651. The smallest absolute Gasteiger partial charge is 0.354 e. The van der Waals surface area contributed by atoms with Gasteiger partial charge in [-0.3, -0.25) is 0 Å². The van der Waals surface area contributed by atoms with E-state index in [0.717, 1.165) is 11.1 Å². The first-order valence-electron chi connectivity index (χ1n) is 6.92. The minimum atomic E-state index is -1.14. The van der Waals surface area contributed by atoms with Crippen LogP contribution in [0.25, 0.3) is 16.9 Å². The van der Waals surface area contributed by atoms with E-state index in [9.17, 15) is 9.90 Å². The molecule has 0 bridgehead atoms. The highest BCUT2D eigenvalue weighted by Crippen LogP contribution is 2.34. The second kappa shape index (κ2) is 6.48. The molecule has 0 saturated carbocycles. The van der Waals surface area contributed by atoms with E-state index < -0.39 is 5.97 Å². The van der Waals surface area contributed by atoms with Gasteiger partial charge >= 0.3 is 5.97 Å². The molecule has 0 saturated heterocycles. The van der Waals surface area contributed by atoms with Gasteiger partial charge in [-0.1, -0.05) is 64.6 Å². The molecule has 3 rings (SSSR count). The van der Waals surface area contributed by atoms with Crippen molar-refractivity contribution in [1.29, 1.82) is 0 Å². The first-order chi connectivity index (χ1) is 11.4. The molecule has 0 radical (unpaired) electrons. The van der Waals surface area contributed by atoms with Crippen molar-refractivity contribution in [3.8, 4) is 16.9 Å². The van der Waals surface area contributed by atoms with Gasteiger partial charge in [0, 0.05) is 10.6 Å². The average molecular weight is 382 g/mol. The summed E-state index contributed by atoms with van der Waals surface area (Å²) in [6.45, 7) is 1.97. The summed E-state index contributed by atoms with van der Waals surface area (Å²) in [5, 5.41) is 14.7. The van der Waals surface area contributed by atoms with Gasteiger partial charge in [0.2, 0.25) is 0 Å². The number of aromatic nitrogens is 2. The van der Waals surface area contributed by atoms with E-state index in [1.165, 1.54) is 22.9 Å². The van der Waals surface area contributed by atoms with E-state index in [4.69, 9.17) is 34.8 Å². The minimum absolute atomic E-state index is 0.0447. The molecule has 24 heavy (non-hydrogen) atoms. The van der Waals surface area contributed by atoms with Crippen molar-refractivity contribution >= 4 is 40.8 Å². The zero-order valence-electron chi connectivity index (χ0n) is 12.4. The summed E-state index contributed by atoms with van der Waals surface area (Å²) in [6, 6.07) is 12.1. The highest BCUT2D eigenvalue weighted by atomic mass is 35.5. The Hall–Kier alpha value is -2.01. The summed E-state index contributed by atoms with van der Waals surface area (Å²) in [6.07, 6.45) is 0. The summed E-state index contributed by atoms with van der Waals surface area (Å²) in [5.41, 5.74) is 2.63. The Morgan fingerprint density at radius 1 is 1.04 bits per heavy atom. The van der Waals surface area contributed by atoms with Gasteiger partial charge in [0.05, 0.1) is 15.7 Å². The van der Waals surface area contributed by atoms with Gasteiger partial charge in [-0.2, -0.15) is 5.10 Å². The molecule has 0 aliphatic heterocycles. The number of aromatic carboxylic acids is 1. The molecular formula is C17H11Cl3N2O2. The lowest BCUT2D eigenvalue weighted by molar-refractivity contribution is 0.0687. The van der Waals surface area contributed by atoms with Crippen molar-refractivity contribution in [2.75, 3.05) is 0 Å². The largest absolute Gasteiger partial charge is 0.477 e. The van der Waals surface area contributed by atoms with E-state index in [1.54, 1.807) is 0 Å². The molecule has 3 aromatic rings. The summed E-state index contributed by atoms with van der Waals surface area (Å²) < 4.78 is 1.22. The third-order valence-corrected chi connectivity index (χ3v) is 4.26. The SMILES string of the molecule is Cc1ccc(-c2cc(C(=O)O)n(-c3c(Cl)cc(Cl)cc3Cl)n2)cc1. The summed E-state index contributed by atoms with van der Waals surface area (Å²) in [4.78, 5) is 11.6. The molecule has 0 spiro atoms. The van der Waals surface area contributed by atoms with E-state index in [2.05, 4.69) is 5.10 Å². The summed E-state index contributed by atoms with van der Waals surface area (Å²) in [5.74, 6) is -1.14. The second-order valence-electron chi connectivity index (χ2n) is 5.22. The number of rotatable bonds is 3. The summed E-state index contributed by atoms with van der Waals surface area (Å²) >= 11 is 18.3. The Balaban J connectivity index is 2.22. The van der Waals surface area contributed by atoms with Crippen LogP contribution in [-0.4, -0.2) is 20.9 Å². The maximum absolute atomic E-state index is 11.6. The van der Waals surface area contributed by atoms with Crippen molar-refractivity contribution in [2.45, 2.75) is 6.92 Å². The fourth-order valence-electron chi connectivity index (χ4n) is 2.31. The number of hydrogen-bond acceptors (Lipinski definition) is 2. The first kappa shape index (κ1) is 16.8. The number of carboxylic acid groups (broad SMARTS) is 1. The van der Waals surface area contributed by atoms with Gasteiger partial charge in [0.25, 0.3) is 0 Å². The van der Waals surface area contributed by atoms with Gasteiger partial charge in [-0.25, -0.2) is 9.48 Å². The van der Waals surface area contributed by atoms with Gasteiger partial charge in [0.15, 0.2) is 5.69 Å². The van der Waals surface area contributed by atoms with Crippen LogP contribution in [0.2, 0.25) is 15.1 Å². The Kier molecular flexibility index (Phi) is 4.54. The standard InChI is InChI=1S/C17H11Cl3N2O2/c1-9-2-4-10(5-3-9)14-8-15(17(23)24)22(21-14)16-12(19)6-11(18)7-13(16)20/h2-8H,1H3,(H,23,24). The number of carboxylic acids is 1. The fraction of sp³-hybridized carbons (Fsp3) is 0.0588. The fourth-order valence-corrected chi connectivity index (χ4v) is 3.28. The molecule has 4 nitrogen and oxygen atoms in total. The number of carbonyl (C=O) groups is 1. The molecule has 1 N–H and O–H groups in total. The van der Waals surface area contributed by atoms with Crippen molar-refractivity contribution < 1.29 is 9.90 Å². The molecule has 0 aliphatic rings. The highest BCUT2D eigenvalue weighted by Gasteiger charge is 2.20. The van der Waals surface area contributed by atoms with Crippen molar-refractivity contribution in [3.63, 3.8) is 0 Å². The lowest BCUT2D eigenvalue weighted by atomic mass is 10.1. The zero-order chi connectivity index (χ0) is 17.4. The van der Waals surface area contributed by atoms with Crippen LogP contribution < -0.4 is 0 Å². The topological polar surface area (TPSA) is 55.1 Å². The van der Waals surface area contributed by atoms with Crippen LogP contribution in [0.15, 0.2) is 42.5 Å². The lowest BCUT2D eigenvalue weighted by Crippen LogP contribution is -2.09. The van der Waals surface area contributed by atoms with Crippen LogP contribution in [-0.2, 0) is 0 Å². The first-order valence-corrected chi connectivity index (χ1v) is 8.05. The molecule has 0 fully saturated rings. The lowest BCUT2D eigenvalue weighted by Gasteiger charge is -2.09. The van der Waals surface area contributed by atoms with Crippen LogP contribution in [0.3, 0.4) is 0 Å². The highest BCUT2D eigenvalue weighted by molar-refractivity contribution is 6.40. The van der Waals surface area contributed by atoms with Crippen LogP contribution in [0, 0.1) is 6.92 Å². The van der Waals surface area contributed by atoms with Crippen LogP contribution in [0.5, 0.6) is 0 Å². The predicted molar refractivity (Wildman–Crippen MR) is 95.7 cm³/mol. The van der Waals surface area contributed by atoms with Crippen molar-refractivity contribution in [3.05, 3.63) is 68.8 Å². The zero-order valence-corrected chi connectivity index (χ0v) is 14.7. The maximum atomic E-state index is 11.6.